The maximum absolute atomic E-state index is 14.4. The van der Waals surface area contributed by atoms with E-state index in [1.165, 1.54) is 24.1 Å². The zero-order valence-electron chi connectivity index (χ0n) is 14.5. The van der Waals surface area contributed by atoms with Crippen molar-refractivity contribution in [2.75, 3.05) is 7.11 Å². The summed E-state index contributed by atoms with van der Waals surface area (Å²) < 4.78 is 19.6. The first-order chi connectivity index (χ1) is 11.9. The van der Waals surface area contributed by atoms with E-state index in [1.807, 2.05) is 13.8 Å². The largest absolute Gasteiger partial charge is 0.497 e. The summed E-state index contributed by atoms with van der Waals surface area (Å²) in [6.07, 6.45) is 1.07. The molecule has 0 amide bonds. The predicted octanol–water partition coefficient (Wildman–Crippen LogP) is 3.64. The number of nitrogens with zero attached hydrogens (tertiary/aromatic N) is 1. The molecular formula is C19H22FN3O2. The van der Waals surface area contributed by atoms with Crippen LogP contribution in [0.15, 0.2) is 36.4 Å². The topological polar surface area (TPSA) is 80.4 Å². The van der Waals surface area contributed by atoms with Crippen molar-refractivity contribution in [1.29, 1.82) is 10.8 Å². The molecule has 3 N–H and O–H groups in total. The summed E-state index contributed by atoms with van der Waals surface area (Å²) in [5.74, 6) is 0.142. The molecule has 0 aliphatic heterocycles. The summed E-state index contributed by atoms with van der Waals surface area (Å²) in [7, 11) is 1.50. The Bertz CT molecular complexity index is 790. The molecule has 6 heteroatoms. The van der Waals surface area contributed by atoms with Gasteiger partial charge >= 0.3 is 0 Å². The van der Waals surface area contributed by atoms with Crippen LogP contribution in [-0.4, -0.2) is 35.3 Å². The van der Waals surface area contributed by atoms with E-state index >= 15 is 0 Å². The number of aliphatic hydroxyl groups excluding tert-OH is 1. The van der Waals surface area contributed by atoms with Crippen LogP contribution in [0.4, 0.5) is 4.39 Å². The van der Waals surface area contributed by atoms with Gasteiger partial charge in [-0.1, -0.05) is 12.1 Å². The van der Waals surface area contributed by atoms with Crippen LogP contribution in [0.25, 0.3) is 11.1 Å². The van der Waals surface area contributed by atoms with Crippen LogP contribution in [0.1, 0.15) is 25.0 Å². The van der Waals surface area contributed by atoms with Crippen LogP contribution in [0.3, 0.4) is 0 Å². The molecule has 2 aromatic carbocycles. The molecular weight excluding hydrogens is 321 g/mol. The van der Waals surface area contributed by atoms with Gasteiger partial charge < -0.3 is 14.7 Å². The summed E-state index contributed by atoms with van der Waals surface area (Å²) in [4.78, 5) is 1.47. The molecule has 0 spiro atoms. The minimum Gasteiger partial charge on any atom is -0.497 e. The van der Waals surface area contributed by atoms with Crippen molar-refractivity contribution in [3.05, 3.63) is 53.3 Å². The highest BCUT2D eigenvalue weighted by molar-refractivity contribution is 6.07. The molecule has 0 aliphatic rings. The standard InChI is InChI=1S/C19H22FN3O2/c1-12(2)23(11-21)19(22)17-8-13(10-24)4-6-15(17)16-9-14(25-3)5-7-18(16)20/h4-9,11-12,21-22,24H,10H2,1-3H3. The first kappa shape index (κ1) is 18.6. The first-order valence-corrected chi connectivity index (χ1v) is 7.88. The van der Waals surface area contributed by atoms with Gasteiger partial charge in [-0.25, -0.2) is 4.39 Å². The molecule has 5 nitrogen and oxygen atoms in total. The minimum absolute atomic E-state index is 0.0671. The summed E-state index contributed by atoms with van der Waals surface area (Å²) in [6, 6.07) is 9.33. The van der Waals surface area contributed by atoms with E-state index in [2.05, 4.69) is 0 Å². The Labute approximate surface area is 146 Å². The summed E-state index contributed by atoms with van der Waals surface area (Å²) in [5.41, 5.74) is 1.86. The number of benzene rings is 2. The number of rotatable bonds is 6. The van der Waals surface area contributed by atoms with E-state index in [0.717, 1.165) is 6.34 Å². The second-order valence-corrected chi connectivity index (χ2v) is 5.86. The molecule has 2 aromatic rings. The van der Waals surface area contributed by atoms with Gasteiger partial charge in [-0.05, 0) is 49.2 Å². The smallest absolute Gasteiger partial charge is 0.134 e. The predicted molar refractivity (Wildman–Crippen MR) is 96.9 cm³/mol. The summed E-state index contributed by atoms with van der Waals surface area (Å²) in [5, 5.41) is 25.5. The number of nitrogens with one attached hydrogen (secondary N) is 2. The second kappa shape index (κ2) is 7.90. The zero-order chi connectivity index (χ0) is 18.6. The van der Waals surface area contributed by atoms with Crippen molar-refractivity contribution < 1.29 is 14.2 Å². The quantitative estimate of drug-likeness (QED) is 0.553. The Hall–Kier alpha value is -2.73. The Morgan fingerprint density at radius 1 is 1.24 bits per heavy atom. The molecule has 2 rings (SSSR count). The van der Waals surface area contributed by atoms with Crippen LogP contribution in [-0.2, 0) is 6.61 Å². The van der Waals surface area contributed by atoms with Gasteiger partial charge in [0.15, 0.2) is 0 Å². The van der Waals surface area contributed by atoms with Crippen molar-refractivity contribution in [3.63, 3.8) is 0 Å². The number of ether oxygens (including phenoxy) is 1. The van der Waals surface area contributed by atoms with Crippen LogP contribution in [0.2, 0.25) is 0 Å². The molecule has 0 aromatic heterocycles. The van der Waals surface area contributed by atoms with Gasteiger partial charge in [-0.2, -0.15) is 0 Å². The highest BCUT2D eigenvalue weighted by Gasteiger charge is 2.20. The fourth-order valence-electron chi connectivity index (χ4n) is 2.57. The lowest BCUT2D eigenvalue weighted by Gasteiger charge is -2.26. The fourth-order valence-corrected chi connectivity index (χ4v) is 2.57. The maximum atomic E-state index is 14.4. The second-order valence-electron chi connectivity index (χ2n) is 5.86. The minimum atomic E-state index is -0.433. The summed E-state index contributed by atoms with van der Waals surface area (Å²) in [6.45, 7) is 3.54. The molecule has 0 saturated heterocycles. The number of hydrogen-bond donors (Lipinski definition) is 3. The van der Waals surface area contributed by atoms with Crippen LogP contribution in [0, 0.1) is 16.6 Å². The van der Waals surface area contributed by atoms with E-state index in [0.29, 0.717) is 28.0 Å². The number of halogens is 1. The molecule has 0 fully saturated rings. The first-order valence-electron chi connectivity index (χ1n) is 7.88. The van der Waals surface area contributed by atoms with E-state index in [4.69, 9.17) is 15.6 Å². The lowest BCUT2D eigenvalue weighted by atomic mass is 9.95. The average Bonchev–Trinajstić information content (AvgIpc) is 2.62. The molecule has 0 heterocycles. The third-order valence-electron chi connectivity index (χ3n) is 3.94. The van der Waals surface area contributed by atoms with E-state index < -0.39 is 5.82 Å². The number of hydrogen-bond acceptors (Lipinski definition) is 4. The monoisotopic (exact) mass is 343 g/mol. The number of amidine groups is 1. The normalized spacial score (nSPS) is 10.6. The molecule has 25 heavy (non-hydrogen) atoms. The molecule has 0 unspecified atom stereocenters. The number of methoxy groups -OCH3 is 1. The Morgan fingerprint density at radius 3 is 2.52 bits per heavy atom. The van der Waals surface area contributed by atoms with Crippen LogP contribution >= 0.6 is 0 Å². The lowest BCUT2D eigenvalue weighted by Crippen LogP contribution is -2.35. The summed E-state index contributed by atoms with van der Waals surface area (Å²) >= 11 is 0. The van der Waals surface area contributed by atoms with Gasteiger partial charge in [0.25, 0.3) is 0 Å². The van der Waals surface area contributed by atoms with Gasteiger partial charge in [-0.3, -0.25) is 10.8 Å². The average molecular weight is 343 g/mol. The van der Waals surface area contributed by atoms with Gasteiger partial charge in [0, 0.05) is 17.2 Å². The number of aliphatic hydroxyl groups is 1. The zero-order valence-corrected chi connectivity index (χ0v) is 14.5. The van der Waals surface area contributed by atoms with Crippen molar-refractivity contribution >= 4 is 12.2 Å². The van der Waals surface area contributed by atoms with Gasteiger partial charge in [0.1, 0.15) is 17.4 Å². The molecule has 0 aliphatic carbocycles. The van der Waals surface area contributed by atoms with Gasteiger partial charge in [0.2, 0.25) is 0 Å². The van der Waals surface area contributed by atoms with Crippen LogP contribution in [0.5, 0.6) is 5.75 Å². The van der Waals surface area contributed by atoms with E-state index in [1.54, 1.807) is 24.3 Å². The fraction of sp³-hybridized carbons (Fsp3) is 0.263. The Kier molecular flexibility index (Phi) is 5.88. The third kappa shape index (κ3) is 3.85. The van der Waals surface area contributed by atoms with Gasteiger partial charge in [-0.15, -0.1) is 0 Å². The highest BCUT2D eigenvalue weighted by atomic mass is 19.1. The van der Waals surface area contributed by atoms with Crippen LogP contribution < -0.4 is 4.74 Å². The Morgan fingerprint density at radius 2 is 1.96 bits per heavy atom. The van der Waals surface area contributed by atoms with Crippen molar-refractivity contribution in [1.82, 2.24) is 4.90 Å². The molecule has 0 bridgehead atoms. The molecule has 0 atom stereocenters. The van der Waals surface area contributed by atoms with E-state index in [9.17, 15) is 9.50 Å². The molecule has 0 saturated carbocycles. The molecule has 0 radical (unpaired) electrons. The van der Waals surface area contributed by atoms with Crippen molar-refractivity contribution in [3.8, 4) is 16.9 Å². The van der Waals surface area contributed by atoms with Crippen molar-refractivity contribution in [2.45, 2.75) is 26.5 Å². The maximum Gasteiger partial charge on any atom is 0.134 e. The SMILES string of the molecule is COc1ccc(F)c(-c2ccc(CO)cc2C(=N)N(C=N)C(C)C)c1. The lowest BCUT2D eigenvalue weighted by molar-refractivity contribution is 0.282. The highest BCUT2D eigenvalue weighted by Crippen LogP contribution is 2.31. The third-order valence-corrected chi connectivity index (χ3v) is 3.94. The Balaban J connectivity index is 2.67. The molecule has 132 valence electrons. The van der Waals surface area contributed by atoms with E-state index in [-0.39, 0.29) is 18.5 Å². The van der Waals surface area contributed by atoms with Gasteiger partial charge in [0.05, 0.1) is 20.1 Å². The van der Waals surface area contributed by atoms with Crippen molar-refractivity contribution in [2.24, 2.45) is 0 Å².